The summed E-state index contributed by atoms with van der Waals surface area (Å²) in [6.07, 6.45) is 2.29. The molecular weight excluding hydrogens is 527 g/mol. The van der Waals surface area contributed by atoms with Crippen LogP contribution < -0.4 is 10.6 Å². The fraction of sp³-hybridized carbons (Fsp3) is 0.333. The van der Waals surface area contributed by atoms with Crippen LogP contribution in [0.3, 0.4) is 0 Å². The number of nitrogens with one attached hydrogen (secondary N) is 2. The van der Waals surface area contributed by atoms with Gasteiger partial charge in [-0.25, -0.2) is 23.9 Å². The minimum Gasteiger partial charge on any atom is -0.467 e. The van der Waals surface area contributed by atoms with Gasteiger partial charge in [0.25, 0.3) is 0 Å². The molecule has 2 atom stereocenters. The van der Waals surface area contributed by atoms with Crippen LogP contribution >= 0.6 is 0 Å². The van der Waals surface area contributed by atoms with Crippen LogP contribution in [-0.2, 0) is 27.4 Å². The van der Waals surface area contributed by atoms with Crippen LogP contribution in [0.15, 0.2) is 67.0 Å². The van der Waals surface area contributed by atoms with E-state index in [1.807, 2.05) is 41.9 Å². The number of likely N-dealkylation sites (tertiary alicyclic amines) is 1. The number of anilines is 1. The summed E-state index contributed by atoms with van der Waals surface area (Å²) in [5, 5.41) is 6.44. The molecule has 1 amide bonds. The molecule has 2 aromatic carbocycles. The molecule has 1 aliphatic heterocycles. The number of pyridine rings is 1. The Hall–Kier alpha value is -4.51. The number of hydrogen-bond acceptors (Lipinski definition) is 8. The summed E-state index contributed by atoms with van der Waals surface area (Å²) in [5.74, 6) is -0.419. The largest absolute Gasteiger partial charge is 0.467 e. The summed E-state index contributed by atoms with van der Waals surface area (Å²) in [6, 6.07) is 16.6. The first-order valence-electron chi connectivity index (χ1n) is 13.6. The highest BCUT2D eigenvalue weighted by Gasteiger charge is 2.41. The zero-order chi connectivity index (χ0) is 28.8. The van der Waals surface area contributed by atoms with E-state index in [4.69, 9.17) is 14.5 Å². The lowest BCUT2D eigenvalue weighted by Gasteiger charge is -2.21. The summed E-state index contributed by atoms with van der Waals surface area (Å²) >= 11 is 0. The number of halogens is 1. The number of aryl methyl sites for hydroxylation is 1. The number of carbonyl (C=O) groups excluding carboxylic acids is 2. The van der Waals surface area contributed by atoms with E-state index < -0.39 is 23.9 Å². The molecule has 1 saturated heterocycles. The zero-order valence-corrected chi connectivity index (χ0v) is 23.0. The van der Waals surface area contributed by atoms with E-state index in [1.54, 1.807) is 30.6 Å². The highest BCUT2D eigenvalue weighted by molar-refractivity contribution is 5.92. The molecule has 0 saturated carbocycles. The van der Waals surface area contributed by atoms with Gasteiger partial charge in [-0.1, -0.05) is 36.4 Å². The predicted molar refractivity (Wildman–Crippen MR) is 153 cm³/mol. The van der Waals surface area contributed by atoms with Crippen molar-refractivity contribution < 1.29 is 23.5 Å². The number of rotatable bonds is 10. The fourth-order valence-electron chi connectivity index (χ4n) is 5.15. The van der Waals surface area contributed by atoms with E-state index in [0.717, 1.165) is 18.5 Å². The summed E-state index contributed by atoms with van der Waals surface area (Å²) in [5.41, 5.74) is 3.04. The summed E-state index contributed by atoms with van der Waals surface area (Å²) in [4.78, 5) is 36.0. The average molecular weight is 561 g/mol. The van der Waals surface area contributed by atoms with E-state index in [9.17, 15) is 9.59 Å². The smallest absolute Gasteiger partial charge is 0.410 e. The SMILES string of the molecule is CNCCCn1cnc2ccc(F)c(-c3cccc(N[C@H]4C[C@@H](C(=O)OC)N(C(=O)OCc5ccccc5)C4)n3)c21. The molecule has 2 N–H and O–H groups in total. The van der Waals surface area contributed by atoms with Crippen LogP contribution in [0, 0.1) is 5.82 Å². The lowest BCUT2D eigenvalue weighted by molar-refractivity contribution is -0.145. The van der Waals surface area contributed by atoms with Crippen molar-refractivity contribution in [1.29, 1.82) is 0 Å². The second-order valence-corrected chi connectivity index (χ2v) is 9.90. The summed E-state index contributed by atoms with van der Waals surface area (Å²) in [7, 11) is 3.18. The third kappa shape index (κ3) is 6.30. The standard InChI is InChI=1S/C30H33FN6O4/c1-32-14-7-15-36-19-33-24-13-12-22(31)27(28(24)36)23-10-6-11-26(35-23)34-21-16-25(29(38)40-2)37(17-21)30(39)41-18-20-8-4-3-5-9-20/h3-6,8-13,19,21,25,32H,7,14-18H2,1-2H3,(H,34,35)/t21-,25-/m0/s1. The van der Waals surface area contributed by atoms with Gasteiger partial charge in [0.1, 0.15) is 24.3 Å². The van der Waals surface area contributed by atoms with Crippen LogP contribution in [0.1, 0.15) is 18.4 Å². The third-order valence-electron chi connectivity index (χ3n) is 7.13. The Morgan fingerprint density at radius 1 is 1.10 bits per heavy atom. The maximum atomic E-state index is 15.3. The van der Waals surface area contributed by atoms with Crippen molar-refractivity contribution in [1.82, 2.24) is 24.8 Å². The number of benzene rings is 2. The highest BCUT2D eigenvalue weighted by Crippen LogP contribution is 2.31. The van der Waals surface area contributed by atoms with Gasteiger partial charge in [0.15, 0.2) is 0 Å². The quantitative estimate of drug-likeness (QED) is 0.219. The van der Waals surface area contributed by atoms with Crippen molar-refractivity contribution in [2.45, 2.75) is 38.1 Å². The van der Waals surface area contributed by atoms with E-state index in [2.05, 4.69) is 15.6 Å². The number of ether oxygens (including phenoxy) is 2. The van der Waals surface area contributed by atoms with Gasteiger partial charge in [0, 0.05) is 25.6 Å². The molecular formula is C30H33FN6O4. The predicted octanol–water partition coefficient (Wildman–Crippen LogP) is 4.21. The lowest BCUT2D eigenvalue weighted by Crippen LogP contribution is -2.41. The molecule has 0 radical (unpaired) electrons. The Labute approximate surface area is 237 Å². The molecule has 4 aromatic rings. The molecule has 3 heterocycles. The van der Waals surface area contributed by atoms with Crippen LogP contribution in [0.4, 0.5) is 15.0 Å². The van der Waals surface area contributed by atoms with Crippen molar-refractivity contribution in [3.8, 4) is 11.3 Å². The fourth-order valence-corrected chi connectivity index (χ4v) is 5.15. The molecule has 0 bridgehead atoms. The molecule has 0 spiro atoms. The first-order valence-corrected chi connectivity index (χ1v) is 13.6. The molecule has 5 rings (SSSR count). The van der Waals surface area contributed by atoms with Gasteiger partial charge in [-0.15, -0.1) is 0 Å². The van der Waals surface area contributed by atoms with Crippen LogP contribution in [0.5, 0.6) is 0 Å². The first kappa shape index (κ1) is 28.0. The Kier molecular flexibility index (Phi) is 8.73. The topological polar surface area (TPSA) is 111 Å². The van der Waals surface area contributed by atoms with E-state index >= 15 is 4.39 Å². The first-order chi connectivity index (χ1) is 20.0. The van der Waals surface area contributed by atoms with Crippen LogP contribution in [-0.4, -0.2) is 70.8 Å². The summed E-state index contributed by atoms with van der Waals surface area (Å²) in [6.45, 7) is 1.81. The molecule has 1 fully saturated rings. The zero-order valence-electron chi connectivity index (χ0n) is 23.0. The van der Waals surface area contributed by atoms with Crippen molar-refractivity contribution >= 4 is 28.9 Å². The van der Waals surface area contributed by atoms with Gasteiger partial charge in [-0.2, -0.15) is 0 Å². The van der Waals surface area contributed by atoms with Crippen molar-refractivity contribution in [2.24, 2.45) is 0 Å². The number of amides is 1. The van der Waals surface area contributed by atoms with Gasteiger partial charge >= 0.3 is 12.1 Å². The molecule has 0 unspecified atom stereocenters. The Morgan fingerprint density at radius 2 is 1.93 bits per heavy atom. The van der Waals surface area contributed by atoms with Crippen LogP contribution in [0.25, 0.3) is 22.3 Å². The van der Waals surface area contributed by atoms with Gasteiger partial charge in [0.05, 0.1) is 35.7 Å². The maximum absolute atomic E-state index is 15.3. The van der Waals surface area contributed by atoms with Gasteiger partial charge in [-0.05, 0) is 49.8 Å². The second-order valence-electron chi connectivity index (χ2n) is 9.90. The van der Waals surface area contributed by atoms with E-state index in [1.165, 1.54) is 18.1 Å². The minimum absolute atomic E-state index is 0.0917. The Bertz CT molecular complexity index is 1510. The Morgan fingerprint density at radius 3 is 2.71 bits per heavy atom. The molecule has 2 aromatic heterocycles. The average Bonchev–Trinajstić information content (AvgIpc) is 3.61. The highest BCUT2D eigenvalue weighted by atomic mass is 19.1. The molecule has 41 heavy (non-hydrogen) atoms. The molecule has 1 aliphatic rings. The number of hydrogen-bond donors (Lipinski definition) is 2. The number of esters is 1. The van der Waals surface area contributed by atoms with Crippen LogP contribution in [0.2, 0.25) is 0 Å². The number of fused-ring (bicyclic) bond motifs is 1. The third-order valence-corrected chi connectivity index (χ3v) is 7.13. The Balaban J connectivity index is 1.35. The normalized spacial score (nSPS) is 16.6. The number of nitrogens with zero attached hydrogens (tertiary/aromatic N) is 4. The number of methoxy groups -OCH3 is 1. The van der Waals surface area contributed by atoms with Gasteiger partial charge in [0.2, 0.25) is 0 Å². The minimum atomic E-state index is -0.804. The van der Waals surface area contributed by atoms with E-state index in [0.29, 0.717) is 41.1 Å². The number of aromatic nitrogens is 3. The monoisotopic (exact) mass is 560 g/mol. The van der Waals surface area contributed by atoms with Gasteiger partial charge in [-0.3, -0.25) is 4.90 Å². The van der Waals surface area contributed by atoms with Crippen molar-refractivity contribution in [3.63, 3.8) is 0 Å². The van der Waals surface area contributed by atoms with Crippen molar-refractivity contribution in [2.75, 3.05) is 32.6 Å². The molecule has 10 nitrogen and oxygen atoms in total. The van der Waals surface area contributed by atoms with E-state index in [-0.39, 0.29) is 19.2 Å². The molecule has 0 aliphatic carbocycles. The lowest BCUT2D eigenvalue weighted by atomic mass is 10.1. The second kappa shape index (κ2) is 12.8. The molecule has 214 valence electrons. The van der Waals surface area contributed by atoms with Crippen molar-refractivity contribution in [3.05, 3.63) is 78.4 Å². The summed E-state index contributed by atoms with van der Waals surface area (Å²) < 4.78 is 27.7. The maximum Gasteiger partial charge on any atom is 0.410 e. The molecule has 11 heteroatoms. The van der Waals surface area contributed by atoms with Gasteiger partial charge < -0.3 is 24.7 Å². The number of imidazole rings is 1. The number of carbonyl (C=O) groups is 2.